The second kappa shape index (κ2) is 6.09. The Balaban J connectivity index is 1.63. The molecule has 5 rings (SSSR count). The van der Waals surface area contributed by atoms with Gasteiger partial charge in [-0.15, -0.1) is 0 Å². The minimum atomic E-state index is -0.311. The summed E-state index contributed by atoms with van der Waals surface area (Å²) in [5, 5.41) is 12.0. The van der Waals surface area contributed by atoms with Gasteiger partial charge >= 0.3 is 0 Å². The van der Waals surface area contributed by atoms with Crippen molar-refractivity contribution in [3.05, 3.63) is 66.1 Å². The van der Waals surface area contributed by atoms with E-state index in [4.69, 9.17) is 4.42 Å². The second-order valence-corrected chi connectivity index (χ2v) is 6.69. The molecule has 0 unspecified atom stereocenters. The Bertz CT molecular complexity index is 1340. The molecule has 0 aliphatic carbocycles. The summed E-state index contributed by atoms with van der Waals surface area (Å²) in [6.45, 7) is 3.45. The van der Waals surface area contributed by atoms with E-state index >= 15 is 0 Å². The number of aromatic nitrogens is 4. The van der Waals surface area contributed by atoms with Gasteiger partial charge in [0.2, 0.25) is 0 Å². The van der Waals surface area contributed by atoms with Crippen molar-refractivity contribution in [2.24, 2.45) is 0 Å². The number of rotatable bonds is 3. The van der Waals surface area contributed by atoms with Crippen LogP contribution < -0.4 is 5.32 Å². The average molecular weight is 371 g/mol. The molecule has 0 aliphatic heterocycles. The fourth-order valence-corrected chi connectivity index (χ4v) is 3.57. The summed E-state index contributed by atoms with van der Waals surface area (Å²) in [7, 11) is 0. The van der Waals surface area contributed by atoms with E-state index in [1.807, 2.05) is 36.5 Å². The molecule has 7 heteroatoms. The van der Waals surface area contributed by atoms with Gasteiger partial charge in [-0.05, 0) is 42.3 Å². The predicted octanol–water partition coefficient (Wildman–Crippen LogP) is 4.57. The first-order valence-electron chi connectivity index (χ1n) is 8.89. The molecule has 3 aromatic heterocycles. The highest BCUT2D eigenvalue weighted by atomic mass is 16.4. The Kier molecular flexibility index (Phi) is 3.55. The molecule has 138 valence electrons. The van der Waals surface area contributed by atoms with Crippen molar-refractivity contribution in [3.8, 4) is 11.1 Å². The third-order valence-electron chi connectivity index (χ3n) is 4.83. The topological polar surface area (TPSA) is 99.6 Å². The predicted molar refractivity (Wildman–Crippen MR) is 107 cm³/mol. The number of nitrogens with one attached hydrogen (secondary N) is 3. The van der Waals surface area contributed by atoms with Gasteiger partial charge in [-0.1, -0.05) is 12.1 Å². The van der Waals surface area contributed by atoms with E-state index in [0.29, 0.717) is 17.3 Å². The minimum absolute atomic E-state index is 0.285. The summed E-state index contributed by atoms with van der Waals surface area (Å²) in [5.41, 5.74) is 4.89. The summed E-state index contributed by atoms with van der Waals surface area (Å²) >= 11 is 0. The number of hydrogen-bond donors (Lipinski definition) is 3. The van der Waals surface area contributed by atoms with Crippen LogP contribution in [0.25, 0.3) is 32.9 Å². The van der Waals surface area contributed by atoms with Gasteiger partial charge in [-0.2, -0.15) is 5.10 Å². The zero-order chi connectivity index (χ0) is 19.3. The average Bonchev–Trinajstić information content (AvgIpc) is 3.40. The molecule has 3 heterocycles. The Morgan fingerprint density at radius 1 is 1.11 bits per heavy atom. The van der Waals surface area contributed by atoms with E-state index in [0.717, 1.165) is 32.9 Å². The van der Waals surface area contributed by atoms with E-state index in [1.54, 1.807) is 20.0 Å². The molecule has 0 aliphatic rings. The molecule has 0 atom stereocenters. The van der Waals surface area contributed by atoms with Gasteiger partial charge < -0.3 is 14.7 Å². The third kappa shape index (κ3) is 2.56. The van der Waals surface area contributed by atoms with E-state index in [2.05, 4.69) is 31.5 Å². The molecular formula is C21H17N5O2. The smallest absolute Gasteiger partial charge is 0.277 e. The van der Waals surface area contributed by atoms with Crippen molar-refractivity contribution in [3.63, 3.8) is 0 Å². The summed E-state index contributed by atoms with van der Waals surface area (Å²) < 4.78 is 5.38. The number of nitrogens with zero attached hydrogens (tertiary/aromatic N) is 2. The van der Waals surface area contributed by atoms with Crippen LogP contribution in [0.4, 0.5) is 5.69 Å². The Hall–Kier alpha value is -3.87. The molecule has 0 saturated heterocycles. The standard InChI is InChI=1S/C21H17N5O2/c1-11-20(24-12(2)28-11)21(27)25-18-8-13(9-19-16(18)10-23-26-19)14-4-3-5-17-15(14)6-7-22-17/h3-10,22H,1-2H3,(H,23,26)(H,25,27). The lowest BCUT2D eigenvalue weighted by atomic mass is 9.99. The molecule has 1 amide bonds. The van der Waals surface area contributed by atoms with Crippen LogP contribution in [0.15, 0.2) is 53.2 Å². The summed E-state index contributed by atoms with van der Waals surface area (Å²) in [6, 6.07) is 12.1. The van der Waals surface area contributed by atoms with E-state index in [-0.39, 0.29) is 11.6 Å². The van der Waals surface area contributed by atoms with Crippen molar-refractivity contribution in [1.82, 2.24) is 20.2 Å². The van der Waals surface area contributed by atoms with Gasteiger partial charge in [-0.3, -0.25) is 9.89 Å². The van der Waals surface area contributed by atoms with Gasteiger partial charge in [0, 0.05) is 29.4 Å². The van der Waals surface area contributed by atoms with Crippen LogP contribution in [0.3, 0.4) is 0 Å². The highest BCUT2D eigenvalue weighted by Crippen LogP contribution is 2.34. The number of fused-ring (bicyclic) bond motifs is 2. The fourth-order valence-electron chi connectivity index (χ4n) is 3.57. The zero-order valence-electron chi connectivity index (χ0n) is 15.3. The number of benzene rings is 2. The summed E-state index contributed by atoms with van der Waals surface area (Å²) in [4.78, 5) is 20.2. The van der Waals surface area contributed by atoms with Crippen LogP contribution in [0.2, 0.25) is 0 Å². The zero-order valence-corrected chi connectivity index (χ0v) is 15.3. The lowest BCUT2D eigenvalue weighted by Gasteiger charge is -2.10. The van der Waals surface area contributed by atoms with Crippen LogP contribution in [0, 0.1) is 13.8 Å². The number of carbonyl (C=O) groups excluding carboxylic acids is 1. The van der Waals surface area contributed by atoms with E-state index < -0.39 is 0 Å². The van der Waals surface area contributed by atoms with Gasteiger partial charge in [0.05, 0.1) is 17.4 Å². The number of anilines is 1. The normalized spacial score (nSPS) is 11.4. The van der Waals surface area contributed by atoms with E-state index in [9.17, 15) is 4.79 Å². The van der Waals surface area contributed by atoms with Crippen LogP contribution >= 0.6 is 0 Å². The first kappa shape index (κ1) is 16.3. The van der Waals surface area contributed by atoms with Crippen molar-refractivity contribution in [2.75, 3.05) is 5.32 Å². The molecular weight excluding hydrogens is 354 g/mol. The Labute approximate surface area is 159 Å². The lowest BCUT2D eigenvalue weighted by Crippen LogP contribution is -2.14. The first-order valence-corrected chi connectivity index (χ1v) is 8.89. The molecule has 2 aromatic carbocycles. The molecule has 0 fully saturated rings. The third-order valence-corrected chi connectivity index (χ3v) is 4.83. The number of hydrogen-bond acceptors (Lipinski definition) is 4. The van der Waals surface area contributed by atoms with Gasteiger partial charge in [-0.25, -0.2) is 4.98 Å². The summed E-state index contributed by atoms with van der Waals surface area (Å²) in [6.07, 6.45) is 3.62. The van der Waals surface area contributed by atoms with E-state index in [1.165, 1.54) is 0 Å². The van der Waals surface area contributed by atoms with Crippen LogP contribution in [0.1, 0.15) is 22.1 Å². The Morgan fingerprint density at radius 2 is 2.00 bits per heavy atom. The number of oxazole rings is 1. The number of aromatic amines is 2. The number of carbonyl (C=O) groups is 1. The quantitative estimate of drug-likeness (QED) is 0.432. The van der Waals surface area contributed by atoms with Crippen LogP contribution in [0.5, 0.6) is 0 Å². The van der Waals surface area contributed by atoms with Crippen LogP contribution in [-0.4, -0.2) is 26.1 Å². The molecule has 5 aromatic rings. The van der Waals surface area contributed by atoms with Gasteiger partial charge in [0.15, 0.2) is 11.6 Å². The van der Waals surface area contributed by atoms with Gasteiger partial charge in [0.25, 0.3) is 5.91 Å². The lowest BCUT2D eigenvalue weighted by molar-refractivity contribution is 0.102. The summed E-state index contributed by atoms with van der Waals surface area (Å²) in [5.74, 6) is 0.643. The molecule has 28 heavy (non-hydrogen) atoms. The molecule has 0 bridgehead atoms. The molecule has 0 spiro atoms. The van der Waals surface area contributed by atoms with Gasteiger partial charge in [0.1, 0.15) is 5.76 Å². The molecule has 7 nitrogen and oxygen atoms in total. The van der Waals surface area contributed by atoms with Crippen molar-refractivity contribution < 1.29 is 9.21 Å². The fraction of sp³-hybridized carbons (Fsp3) is 0.0952. The first-order chi connectivity index (χ1) is 13.6. The maximum absolute atomic E-state index is 12.8. The minimum Gasteiger partial charge on any atom is -0.445 e. The second-order valence-electron chi connectivity index (χ2n) is 6.69. The molecule has 0 saturated carbocycles. The maximum Gasteiger partial charge on any atom is 0.277 e. The number of H-pyrrole nitrogens is 2. The Morgan fingerprint density at radius 3 is 2.82 bits per heavy atom. The molecule has 0 radical (unpaired) electrons. The highest BCUT2D eigenvalue weighted by Gasteiger charge is 2.18. The SMILES string of the molecule is Cc1nc(C(=O)Nc2cc(-c3cccc4[nH]ccc34)cc3[nH]ncc23)c(C)o1. The van der Waals surface area contributed by atoms with Crippen molar-refractivity contribution in [1.29, 1.82) is 0 Å². The van der Waals surface area contributed by atoms with Crippen LogP contribution in [-0.2, 0) is 0 Å². The van der Waals surface area contributed by atoms with Crippen molar-refractivity contribution in [2.45, 2.75) is 13.8 Å². The maximum atomic E-state index is 12.8. The number of aryl methyl sites for hydroxylation is 2. The largest absolute Gasteiger partial charge is 0.445 e. The molecule has 3 N–H and O–H groups in total. The highest BCUT2D eigenvalue weighted by molar-refractivity contribution is 6.10. The van der Waals surface area contributed by atoms with Crippen molar-refractivity contribution >= 4 is 33.4 Å². The number of amides is 1. The monoisotopic (exact) mass is 371 g/mol.